The average molecular weight is 124 g/mol. The van der Waals surface area contributed by atoms with Gasteiger partial charge in [-0.1, -0.05) is 0 Å². The summed E-state index contributed by atoms with van der Waals surface area (Å²) in [5.41, 5.74) is 5.69. The lowest BCUT2D eigenvalue weighted by molar-refractivity contribution is 0.281. The van der Waals surface area contributed by atoms with E-state index in [9.17, 15) is 0 Å². The number of hydrogen-bond acceptors (Lipinski definition) is 1. The second-order valence-electron chi connectivity index (χ2n) is 2.73. The minimum atomic E-state index is 0.301. The SMILES string of the molecule is CC(C)=C=C1CC1CO. The molecular formula is C8H12O. The molecule has 0 spiro atoms. The third kappa shape index (κ3) is 1.70. The van der Waals surface area contributed by atoms with Crippen molar-refractivity contribution in [2.24, 2.45) is 5.92 Å². The van der Waals surface area contributed by atoms with Crippen LogP contribution in [0.1, 0.15) is 20.3 Å². The summed E-state index contributed by atoms with van der Waals surface area (Å²) in [5, 5.41) is 8.62. The third-order valence-electron chi connectivity index (χ3n) is 1.43. The van der Waals surface area contributed by atoms with E-state index in [1.165, 1.54) is 11.1 Å². The second-order valence-corrected chi connectivity index (χ2v) is 2.73. The van der Waals surface area contributed by atoms with E-state index in [0.717, 1.165) is 6.42 Å². The fourth-order valence-corrected chi connectivity index (χ4v) is 0.855. The van der Waals surface area contributed by atoms with Crippen LogP contribution < -0.4 is 0 Å². The van der Waals surface area contributed by atoms with Gasteiger partial charge >= 0.3 is 0 Å². The molecule has 0 heterocycles. The molecule has 0 aromatic rings. The summed E-state index contributed by atoms with van der Waals surface area (Å²) < 4.78 is 0. The molecule has 1 rings (SSSR count). The Morgan fingerprint density at radius 3 is 2.78 bits per heavy atom. The highest BCUT2D eigenvalue weighted by molar-refractivity contribution is 5.23. The molecule has 1 aliphatic rings. The van der Waals surface area contributed by atoms with Gasteiger partial charge in [0.15, 0.2) is 0 Å². The molecular weight excluding hydrogens is 112 g/mol. The van der Waals surface area contributed by atoms with Crippen LogP contribution in [-0.2, 0) is 0 Å². The lowest BCUT2D eigenvalue weighted by Gasteiger charge is -1.78. The van der Waals surface area contributed by atoms with Gasteiger partial charge in [-0.05, 0) is 31.4 Å². The first-order valence-electron chi connectivity index (χ1n) is 3.27. The van der Waals surface area contributed by atoms with Gasteiger partial charge in [0.1, 0.15) is 0 Å². The summed E-state index contributed by atoms with van der Waals surface area (Å²) in [7, 11) is 0. The summed E-state index contributed by atoms with van der Waals surface area (Å²) in [6.45, 7) is 4.36. The third-order valence-corrected chi connectivity index (χ3v) is 1.43. The average Bonchev–Trinajstić information content (AvgIpc) is 2.45. The van der Waals surface area contributed by atoms with Crippen LogP contribution >= 0.6 is 0 Å². The zero-order chi connectivity index (χ0) is 6.85. The highest BCUT2D eigenvalue weighted by Gasteiger charge is 2.28. The maximum Gasteiger partial charge on any atom is 0.0505 e. The van der Waals surface area contributed by atoms with E-state index in [1.807, 2.05) is 13.8 Å². The normalized spacial score (nSPS) is 23.4. The Labute approximate surface area is 55.7 Å². The topological polar surface area (TPSA) is 20.2 Å². The predicted molar refractivity (Wildman–Crippen MR) is 37.1 cm³/mol. The predicted octanol–water partition coefficient (Wildman–Crippen LogP) is 1.49. The Balaban J connectivity index is 2.59. The lowest BCUT2D eigenvalue weighted by atomic mass is 10.3. The van der Waals surface area contributed by atoms with Crippen molar-refractivity contribution in [3.8, 4) is 0 Å². The van der Waals surface area contributed by atoms with Crippen molar-refractivity contribution in [1.29, 1.82) is 0 Å². The van der Waals surface area contributed by atoms with Crippen molar-refractivity contribution in [2.75, 3.05) is 6.61 Å². The Bertz CT molecular complexity index is 169. The van der Waals surface area contributed by atoms with E-state index in [4.69, 9.17) is 5.11 Å². The van der Waals surface area contributed by atoms with Gasteiger partial charge in [-0.15, -0.1) is 5.73 Å². The van der Waals surface area contributed by atoms with Crippen LogP contribution in [0.25, 0.3) is 0 Å². The van der Waals surface area contributed by atoms with E-state index in [-0.39, 0.29) is 0 Å². The van der Waals surface area contributed by atoms with Gasteiger partial charge in [0.05, 0.1) is 6.61 Å². The first-order chi connectivity index (χ1) is 4.24. The fraction of sp³-hybridized carbons (Fsp3) is 0.625. The van der Waals surface area contributed by atoms with E-state index in [0.29, 0.717) is 12.5 Å². The minimum Gasteiger partial charge on any atom is -0.396 e. The molecule has 1 saturated carbocycles. The van der Waals surface area contributed by atoms with Crippen LogP contribution in [0.15, 0.2) is 16.9 Å². The summed E-state index contributed by atoms with van der Waals surface area (Å²) in [4.78, 5) is 0. The molecule has 1 heteroatoms. The number of aliphatic hydroxyl groups excluding tert-OH is 1. The Morgan fingerprint density at radius 2 is 2.44 bits per heavy atom. The molecule has 1 aliphatic carbocycles. The monoisotopic (exact) mass is 124 g/mol. The van der Waals surface area contributed by atoms with Gasteiger partial charge in [0, 0.05) is 5.92 Å². The first-order valence-corrected chi connectivity index (χ1v) is 3.27. The molecule has 1 fully saturated rings. The lowest BCUT2D eigenvalue weighted by Crippen LogP contribution is -1.80. The molecule has 1 nitrogen and oxygen atoms in total. The van der Waals surface area contributed by atoms with Gasteiger partial charge in [-0.3, -0.25) is 0 Å². The van der Waals surface area contributed by atoms with E-state index in [1.54, 1.807) is 0 Å². The summed E-state index contributed by atoms with van der Waals surface area (Å²) in [6.07, 6.45) is 1.06. The van der Waals surface area contributed by atoms with Crippen LogP contribution in [0.5, 0.6) is 0 Å². The molecule has 0 bridgehead atoms. The van der Waals surface area contributed by atoms with Gasteiger partial charge < -0.3 is 5.11 Å². The van der Waals surface area contributed by atoms with Gasteiger partial charge in [-0.25, -0.2) is 0 Å². The van der Waals surface area contributed by atoms with Crippen LogP contribution in [0.2, 0.25) is 0 Å². The minimum absolute atomic E-state index is 0.301. The standard InChI is InChI=1S/C8H12O/c1-6(2)3-7-4-8(7)5-9/h8-9H,4-5H2,1-2H3. The van der Waals surface area contributed by atoms with Gasteiger partial charge in [0.2, 0.25) is 0 Å². The molecule has 0 aromatic carbocycles. The zero-order valence-corrected chi connectivity index (χ0v) is 5.94. The van der Waals surface area contributed by atoms with Crippen LogP contribution in [0.3, 0.4) is 0 Å². The molecule has 0 aliphatic heterocycles. The Kier molecular flexibility index (Phi) is 1.75. The highest BCUT2D eigenvalue weighted by Crippen LogP contribution is 2.35. The van der Waals surface area contributed by atoms with Crippen molar-refractivity contribution < 1.29 is 5.11 Å². The van der Waals surface area contributed by atoms with Crippen LogP contribution in [-0.4, -0.2) is 11.7 Å². The summed E-state index contributed by atoms with van der Waals surface area (Å²) in [6, 6.07) is 0. The summed E-state index contributed by atoms with van der Waals surface area (Å²) in [5.74, 6) is 0.444. The molecule has 0 aromatic heterocycles. The molecule has 9 heavy (non-hydrogen) atoms. The number of hydrogen-bond donors (Lipinski definition) is 1. The van der Waals surface area contributed by atoms with Crippen LogP contribution in [0, 0.1) is 5.92 Å². The van der Waals surface area contributed by atoms with E-state index >= 15 is 0 Å². The second kappa shape index (κ2) is 2.38. The Morgan fingerprint density at radius 1 is 1.78 bits per heavy atom. The fourth-order valence-electron chi connectivity index (χ4n) is 0.855. The van der Waals surface area contributed by atoms with Crippen molar-refractivity contribution in [2.45, 2.75) is 20.3 Å². The van der Waals surface area contributed by atoms with Crippen molar-refractivity contribution in [1.82, 2.24) is 0 Å². The van der Waals surface area contributed by atoms with Gasteiger partial charge in [0.25, 0.3) is 0 Å². The molecule has 1 atom stereocenters. The summed E-state index contributed by atoms with van der Waals surface area (Å²) >= 11 is 0. The van der Waals surface area contributed by atoms with E-state index in [2.05, 4.69) is 5.73 Å². The van der Waals surface area contributed by atoms with E-state index < -0.39 is 0 Å². The highest BCUT2D eigenvalue weighted by atomic mass is 16.3. The largest absolute Gasteiger partial charge is 0.396 e. The first kappa shape index (κ1) is 6.60. The molecule has 50 valence electrons. The van der Waals surface area contributed by atoms with Crippen molar-refractivity contribution in [3.05, 3.63) is 16.9 Å². The number of aliphatic hydroxyl groups is 1. The molecule has 1 unspecified atom stereocenters. The molecule has 1 N–H and O–H groups in total. The molecule has 0 saturated heterocycles. The van der Waals surface area contributed by atoms with Crippen molar-refractivity contribution >= 4 is 0 Å². The quantitative estimate of drug-likeness (QED) is 0.525. The van der Waals surface area contributed by atoms with Gasteiger partial charge in [-0.2, -0.15) is 0 Å². The Hall–Kier alpha value is -0.520. The smallest absolute Gasteiger partial charge is 0.0505 e. The van der Waals surface area contributed by atoms with Crippen LogP contribution in [0.4, 0.5) is 0 Å². The maximum absolute atomic E-state index is 8.62. The number of rotatable bonds is 1. The molecule has 0 radical (unpaired) electrons. The molecule has 0 amide bonds. The maximum atomic E-state index is 8.62. The van der Waals surface area contributed by atoms with Crippen molar-refractivity contribution in [3.63, 3.8) is 0 Å². The zero-order valence-electron chi connectivity index (χ0n) is 5.94.